The largest absolute Gasteiger partial charge is 0.490 e. The van der Waals surface area contributed by atoms with Gasteiger partial charge in [0.15, 0.2) is 11.5 Å². The summed E-state index contributed by atoms with van der Waals surface area (Å²) in [6.45, 7) is 2.04. The monoisotopic (exact) mass is 424 g/mol. The van der Waals surface area contributed by atoms with Gasteiger partial charge in [-0.2, -0.15) is 10.2 Å². The number of nitrogens with zero attached hydrogens (tertiary/aromatic N) is 3. The zero-order chi connectivity index (χ0) is 21.9. The van der Waals surface area contributed by atoms with Crippen molar-refractivity contribution in [3.05, 3.63) is 90.1 Å². The molecule has 1 aromatic heterocycles. The Kier molecular flexibility index (Phi) is 5.21. The predicted molar refractivity (Wildman–Crippen MR) is 121 cm³/mol. The maximum atomic E-state index is 12.6. The van der Waals surface area contributed by atoms with Gasteiger partial charge in [0.25, 0.3) is 5.91 Å². The Morgan fingerprint density at radius 1 is 0.969 bits per heavy atom. The van der Waals surface area contributed by atoms with E-state index in [1.807, 2.05) is 55.5 Å². The number of hydrogen-bond donors (Lipinski definition) is 1. The molecule has 0 fully saturated rings. The highest BCUT2D eigenvalue weighted by Crippen LogP contribution is 2.33. The fourth-order valence-corrected chi connectivity index (χ4v) is 3.51. The number of ether oxygens (including phenoxy) is 1. The molecule has 158 valence electrons. The molecule has 1 N–H and O–H groups in total. The number of azo groups is 1. The molecule has 0 radical (unpaired) electrons. The molecule has 1 aliphatic rings. The number of carbonyl (C=O) groups is 1. The van der Waals surface area contributed by atoms with E-state index < -0.39 is 0 Å². The first-order chi connectivity index (χ1) is 15.6. The van der Waals surface area contributed by atoms with Crippen LogP contribution in [-0.2, 0) is 6.42 Å². The summed E-state index contributed by atoms with van der Waals surface area (Å²) in [6.07, 6.45) is 1.02. The zero-order valence-electron chi connectivity index (χ0n) is 17.4. The molecule has 0 aliphatic carbocycles. The Labute approximate surface area is 184 Å². The van der Waals surface area contributed by atoms with Crippen molar-refractivity contribution in [2.24, 2.45) is 10.2 Å². The van der Waals surface area contributed by atoms with Crippen LogP contribution in [-0.4, -0.2) is 17.2 Å². The Balaban J connectivity index is 1.24. The maximum absolute atomic E-state index is 12.6. The van der Waals surface area contributed by atoms with E-state index in [0.29, 0.717) is 17.1 Å². The second-order valence-electron chi connectivity index (χ2n) is 7.57. The molecule has 0 saturated heterocycles. The van der Waals surface area contributed by atoms with E-state index in [1.54, 1.807) is 30.3 Å². The first kappa shape index (κ1) is 19.7. The minimum Gasteiger partial charge on any atom is -0.490 e. The molecule has 32 heavy (non-hydrogen) atoms. The summed E-state index contributed by atoms with van der Waals surface area (Å²) in [5.41, 5.74) is 4.28. The molecule has 1 aliphatic heterocycles. The number of hydrogen-bond acceptors (Lipinski definition) is 6. The van der Waals surface area contributed by atoms with Crippen LogP contribution in [0.25, 0.3) is 11.3 Å². The summed E-state index contributed by atoms with van der Waals surface area (Å²) < 4.78 is 11.1. The first-order valence-electron chi connectivity index (χ1n) is 10.3. The van der Waals surface area contributed by atoms with Crippen molar-refractivity contribution in [2.75, 3.05) is 5.32 Å². The first-order valence-corrected chi connectivity index (χ1v) is 10.3. The van der Waals surface area contributed by atoms with E-state index in [9.17, 15) is 4.79 Å². The average Bonchev–Trinajstić information content (AvgIpc) is 3.45. The Morgan fingerprint density at radius 2 is 1.72 bits per heavy atom. The van der Waals surface area contributed by atoms with Gasteiger partial charge in [0.05, 0.1) is 11.4 Å². The van der Waals surface area contributed by atoms with E-state index >= 15 is 0 Å². The van der Waals surface area contributed by atoms with Crippen molar-refractivity contribution >= 4 is 23.0 Å². The molecule has 2 heterocycles. The molecular formula is C25H20N4O3. The molecule has 1 amide bonds. The summed E-state index contributed by atoms with van der Waals surface area (Å²) >= 11 is 0. The van der Waals surface area contributed by atoms with Gasteiger partial charge in [-0.3, -0.25) is 4.79 Å². The summed E-state index contributed by atoms with van der Waals surface area (Å²) in [4.78, 5) is 12.6. The van der Waals surface area contributed by atoms with E-state index in [-0.39, 0.29) is 17.7 Å². The van der Waals surface area contributed by atoms with Crippen molar-refractivity contribution < 1.29 is 14.1 Å². The van der Waals surface area contributed by atoms with Gasteiger partial charge in [0.2, 0.25) is 0 Å². The third-order valence-corrected chi connectivity index (χ3v) is 5.09. The summed E-state index contributed by atoms with van der Waals surface area (Å²) in [6, 6.07) is 24.1. The van der Waals surface area contributed by atoms with Gasteiger partial charge in [0.1, 0.15) is 11.9 Å². The third-order valence-electron chi connectivity index (χ3n) is 5.09. The van der Waals surface area contributed by atoms with Gasteiger partial charge in [-0.15, -0.1) is 0 Å². The summed E-state index contributed by atoms with van der Waals surface area (Å²) in [5, 5.41) is 15.1. The third kappa shape index (κ3) is 4.27. The quantitative estimate of drug-likeness (QED) is 0.379. The van der Waals surface area contributed by atoms with Crippen molar-refractivity contribution in [1.29, 1.82) is 0 Å². The highest BCUT2D eigenvalue weighted by molar-refractivity contribution is 6.03. The molecule has 7 nitrogen and oxygen atoms in total. The van der Waals surface area contributed by atoms with Crippen LogP contribution < -0.4 is 10.1 Å². The number of anilines is 1. The van der Waals surface area contributed by atoms with Crippen LogP contribution in [0.15, 0.2) is 93.6 Å². The number of benzene rings is 3. The Bertz CT molecular complexity index is 1280. The number of rotatable bonds is 5. The summed E-state index contributed by atoms with van der Waals surface area (Å²) in [5.74, 6) is 1.08. The molecule has 3 aromatic carbocycles. The number of carbonyl (C=O) groups excluding carboxylic acids is 1. The van der Waals surface area contributed by atoms with Gasteiger partial charge >= 0.3 is 0 Å². The summed E-state index contributed by atoms with van der Waals surface area (Å²) in [7, 11) is 0. The lowest BCUT2D eigenvalue weighted by molar-refractivity contribution is 0.101. The SMILES string of the molecule is C[C@H]1Cc2cc(-c3cc(C(=O)Nc4ccc(N=Nc5ccccc5)cc4)no3)ccc2O1. The fraction of sp³-hybridized carbons (Fsp3) is 0.120. The predicted octanol–water partition coefficient (Wildman–Crippen LogP) is 6.33. The molecule has 7 heteroatoms. The van der Waals surface area contributed by atoms with Crippen molar-refractivity contribution in [3.8, 4) is 17.1 Å². The Morgan fingerprint density at radius 3 is 2.50 bits per heavy atom. The van der Waals surface area contributed by atoms with E-state index in [2.05, 4.69) is 20.7 Å². The second kappa shape index (κ2) is 8.47. The lowest BCUT2D eigenvalue weighted by Crippen LogP contribution is -2.11. The van der Waals surface area contributed by atoms with Gasteiger partial charge in [-0.05, 0) is 67.1 Å². The van der Waals surface area contributed by atoms with Crippen molar-refractivity contribution in [1.82, 2.24) is 5.16 Å². The van der Waals surface area contributed by atoms with Crippen molar-refractivity contribution in [3.63, 3.8) is 0 Å². The average molecular weight is 424 g/mol. The number of nitrogens with one attached hydrogen (secondary N) is 1. The zero-order valence-corrected chi connectivity index (χ0v) is 17.4. The van der Waals surface area contributed by atoms with Crippen LogP contribution in [0.5, 0.6) is 5.75 Å². The molecule has 1 atom stereocenters. The van der Waals surface area contributed by atoms with E-state index in [1.165, 1.54) is 0 Å². The smallest absolute Gasteiger partial charge is 0.277 e. The van der Waals surface area contributed by atoms with Gasteiger partial charge < -0.3 is 14.6 Å². The second-order valence-corrected chi connectivity index (χ2v) is 7.57. The molecular weight excluding hydrogens is 404 g/mol. The number of fused-ring (bicyclic) bond motifs is 1. The molecule has 0 unspecified atom stereocenters. The van der Waals surface area contributed by atoms with E-state index in [0.717, 1.165) is 29.0 Å². The normalized spacial score (nSPS) is 14.8. The van der Waals surface area contributed by atoms with Crippen LogP contribution in [0.1, 0.15) is 23.0 Å². The molecule has 5 rings (SSSR count). The van der Waals surface area contributed by atoms with Gasteiger partial charge in [-0.25, -0.2) is 0 Å². The maximum Gasteiger partial charge on any atom is 0.277 e. The minimum atomic E-state index is -0.350. The Hall–Kier alpha value is -4.26. The van der Waals surface area contributed by atoms with Crippen LogP contribution in [0.4, 0.5) is 17.1 Å². The lowest BCUT2D eigenvalue weighted by Gasteiger charge is -2.02. The van der Waals surface area contributed by atoms with Crippen molar-refractivity contribution in [2.45, 2.75) is 19.4 Å². The van der Waals surface area contributed by atoms with Gasteiger partial charge in [-0.1, -0.05) is 23.4 Å². The van der Waals surface area contributed by atoms with E-state index in [4.69, 9.17) is 9.26 Å². The number of amides is 1. The molecule has 0 spiro atoms. The highest BCUT2D eigenvalue weighted by atomic mass is 16.5. The highest BCUT2D eigenvalue weighted by Gasteiger charge is 2.21. The minimum absolute atomic E-state index is 0.169. The standard InChI is InChI=1S/C25H20N4O3/c1-16-13-18-14-17(7-12-23(18)31-16)24-15-22(29-32-24)25(30)26-19-8-10-21(11-9-19)28-27-20-5-3-2-4-6-20/h2-12,14-16H,13H2,1H3,(H,26,30)/t16-/m0/s1. The van der Waals surface area contributed by atoms with Crippen LogP contribution in [0.3, 0.4) is 0 Å². The van der Waals surface area contributed by atoms with Crippen LogP contribution in [0.2, 0.25) is 0 Å². The molecule has 0 saturated carbocycles. The molecule has 0 bridgehead atoms. The molecule has 4 aromatic rings. The lowest BCUT2D eigenvalue weighted by atomic mass is 10.1. The fourth-order valence-electron chi connectivity index (χ4n) is 3.51. The topological polar surface area (TPSA) is 89.1 Å². The van der Waals surface area contributed by atoms with Crippen LogP contribution >= 0.6 is 0 Å². The number of aromatic nitrogens is 1. The van der Waals surface area contributed by atoms with Crippen LogP contribution in [0, 0.1) is 0 Å². The van der Waals surface area contributed by atoms with Gasteiger partial charge in [0, 0.05) is 23.7 Å².